The van der Waals surface area contributed by atoms with E-state index in [0.29, 0.717) is 31.3 Å². The summed E-state index contributed by atoms with van der Waals surface area (Å²) in [7, 11) is 0. The van der Waals surface area contributed by atoms with Crippen LogP contribution in [0.15, 0.2) is 60.8 Å². The number of rotatable bonds is 9. The van der Waals surface area contributed by atoms with Gasteiger partial charge in [-0.15, -0.1) is 0 Å². The molecule has 1 heterocycles. The highest BCUT2D eigenvalue weighted by Gasteiger charge is 2.12. The van der Waals surface area contributed by atoms with E-state index in [9.17, 15) is 0 Å². The summed E-state index contributed by atoms with van der Waals surface area (Å²) < 4.78 is 7.16. The lowest BCUT2D eigenvalue weighted by molar-refractivity contribution is 0.0938. The Morgan fingerprint density at radius 1 is 1.08 bits per heavy atom. The molecule has 0 saturated heterocycles. The molecular formula is C20H22ClN3O2. The predicted octanol–water partition coefficient (Wildman–Crippen LogP) is 3.29. The SMILES string of the molecule is OCCOCCNCc1cn(-c2ccccc2)nc1-c1cccc(Cl)c1. The van der Waals surface area contributed by atoms with E-state index in [1.165, 1.54) is 0 Å². The van der Waals surface area contributed by atoms with Gasteiger partial charge in [0.2, 0.25) is 0 Å². The van der Waals surface area contributed by atoms with Gasteiger partial charge in [-0.25, -0.2) is 4.68 Å². The average Bonchev–Trinajstić information content (AvgIpc) is 3.09. The number of aliphatic hydroxyl groups is 1. The first-order valence-electron chi connectivity index (χ1n) is 8.57. The highest BCUT2D eigenvalue weighted by atomic mass is 35.5. The van der Waals surface area contributed by atoms with E-state index in [0.717, 1.165) is 22.5 Å². The van der Waals surface area contributed by atoms with Gasteiger partial charge >= 0.3 is 0 Å². The van der Waals surface area contributed by atoms with Gasteiger partial charge in [-0.1, -0.05) is 41.9 Å². The lowest BCUT2D eigenvalue weighted by Crippen LogP contribution is -2.20. The average molecular weight is 372 g/mol. The molecular weight excluding hydrogens is 350 g/mol. The predicted molar refractivity (Wildman–Crippen MR) is 104 cm³/mol. The fraction of sp³-hybridized carbons (Fsp3) is 0.250. The Labute approximate surface area is 158 Å². The first kappa shape index (κ1) is 18.6. The molecule has 2 aromatic carbocycles. The van der Waals surface area contributed by atoms with Gasteiger partial charge in [-0.2, -0.15) is 5.10 Å². The molecule has 0 fully saturated rings. The molecule has 0 unspecified atom stereocenters. The van der Waals surface area contributed by atoms with Crippen LogP contribution in [-0.2, 0) is 11.3 Å². The number of benzene rings is 2. The quantitative estimate of drug-likeness (QED) is 0.567. The smallest absolute Gasteiger partial charge is 0.0973 e. The van der Waals surface area contributed by atoms with Gasteiger partial charge < -0.3 is 15.2 Å². The second kappa shape index (κ2) is 9.50. The number of nitrogens with one attached hydrogen (secondary N) is 1. The van der Waals surface area contributed by atoms with Crippen LogP contribution < -0.4 is 5.32 Å². The zero-order chi connectivity index (χ0) is 18.2. The Morgan fingerprint density at radius 2 is 1.92 bits per heavy atom. The first-order valence-corrected chi connectivity index (χ1v) is 8.95. The van der Waals surface area contributed by atoms with E-state index in [2.05, 4.69) is 5.32 Å². The van der Waals surface area contributed by atoms with Crippen molar-refractivity contribution in [2.24, 2.45) is 0 Å². The van der Waals surface area contributed by atoms with Crippen molar-refractivity contribution in [3.8, 4) is 16.9 Å². The van der Waals surface area contributed by atoms with Gasteiger partial charge in [-0.3, -0.25) is 0 Å². The number of ether oxygens (including phenoxy) is 1. The molecule has 5 nitrogen and oxygen atoms in total. The number of para-hydroxylation sites is 1. The van der Waals surface area contributed by atoms with Gasteiger partial charge in [-0.05, 0) is 24.3 Å². The highest BCUT2D eigenvalue weighted by molar-refractivity contribution is 6.30. The Morgan fingerprint density at radius 3 is 2.69 bits per heavy atom. The van der Waals surface area contributed by atoms with Crippen LogP contribution in [0.1, 0.15) is 5.56 Å². The van der Waals surface area contributed by atoms with Crippen LogP contribution in [-0.4, -0.2) is 41.3 Å². The number of aliphatic hydroxyl groups excluding tert-OH is 1. The summed E-state index contributed by atoms with van der Waals surface area (Å²) in [5.74, 6) is 0. The van der Waals surface area contributed by atoms with Crippen molar-refractivity contribution in [1.82, 2.24) is 15.1 Å². The monoisotopic (exact) mass is 371 g/mol. The van der Waals surface area contributed by atoms with Gasteiger partial charge in [0, 0.05) is 35.4 Å². The standard InChI is InChI=1S/C20H22ClN3O2/c21-18-6-4-5-16(13-18)20-17(14-22-9-11-26-12-10-25)15-24(23-20)19-7-2-1-3-8-19/h1-8,13,15,22,25H,9-12,14H2. The zero-order valence-corrected chi connectivity index (χ0v) is 15.2. The third-order valence-corrected chi connectivity index (χ3v) is 4.12. The van der Waals surface area contributed by atoms with Gasteiger partial charge in [0.15, 0.2) is 0 Å². The van der Waals surface area contributed by atoms with E-state index in [-0.39, 0.29) is 6.61 Å². The van der Waals surface area contributed by atoms with Crippen molar-refractivity contribution in [1.29, 1.82) is 0 Å². The van der Waals surface area contributed by atoms with E-state index in [1.54, 1.807) is 0 Å². The lowest BCUT2D eigenvalue weighted by Gasteiger charge is -2.06. The number of hydrogen-bond acceptors (Lipinski definition) is 4. The fourth-order valence-electron chi connectivity index (χ4n) is 2.66. The Hall–Kier alpha value is -2.18. The molecule has 3 aromatic rings. The molecule has 0 amide bonds. The van der Waals surface area contributed by atoms with E-state index in [4.69, 9.17) is 26.5 Å². The van der Waals surface area contributed by atoms with Crippen molar-refractivity contribution >= 4 is 11.6 Å². The second-order valence-corrected chi connectivity index (χ2v) is 6.24. The first-order chi connectivity index (χ1) is 12.8. The van der Waals surface area contributed by atoms with Gasteiger partial charge in [0.1, 0.15) is 0 Å². The topological polar surface area (TPSA) is 59.3 Å². The second-order valence-electron chi connectivity index (χ2n) is 5.81. The molecule has 136 valence electrons. The van der Waals surface area contributed by atoms with Crippen molar-refractivity contribution in [2.45, 2.75) is 6.54 Å². The lowest BCUT2D eigenvalue weighted by atomic mass is 10.1. The molecule has 0 spiro atoms. The minimum absolute atomic E-state index is 0.0444. The van der Waals surface area contributed by atoms with Crippen molar-refractivity contribution in [3.05, 3.63) is 71.4 Å². The minimum Gasteiger partial charge on any atom is -0.394 e. The van der Waals surface area contributed by atoms with E-state index >= 15 is 0 Å². The number of aromatic nitrogens is 2. The normalized spacial score (nSPS) is 11.0. The summed E-state index contributed by atoms with van der Waals surface area (Å²) in [6.45, 7) is 2.33. The molecule has 0 aliphatic heterocycles. The Kier molecular flexibility index (Phi) is 6.80. The largest absolute Gasteiger partial charge is 0.394 e. The summed E-state index contributed by atoms with van der Waals surface area (Å²) in [6, 6.07) is 17.7. The van der Waals surface area contributed by atoms with E-state index < -0.39 is 0 Å². The number of hydrogen-bond donors (Lipinski definition) is 2. The maximum absolute atomic E-state index is 8.73. The molecule has 2 N–H and O–H groups in total. The number of halogens is 1. The molecule has 0 bridgehead atoms. The summed E-state index contributed by atoms with van der Waals surface area (Å²) in [5.41, 5.74) is 3.98. The molecule has 6 heteroatoms. The molecule has 0 saturated carbocycles. The summed E-state index contributed by atoms with van der Waals surface area (Å²) >= 11 is 6.16. The molecule has 26 heavy (non-hydrogen) atoms. The summed E-state index contributed by atoms with van der Waals surface area (Å²) in [5, 5.41) is 17.5. The van der Waals surface area contributed by atoms with Crippen LogP contribution in [0.3, 0.4) is 0 Å². The third kappa shape index (κ3) is 4.93. The van der Waals surface area contributed by atoms with Crippen LogP contribution in [0.5, 0.6) is 0 Å². The van der Waals surface area contributed by atoms with E-state index in [1.807, 2.05) is 65.5 Å². The van der Waals surface area contributed by atoms with Crippen molar-refractivity contribution in [2.75, 3.05) is 26.4 Å². The molecule has 1 aromatic heterocycles. The molecule has 0 atom stereocenters. The maximum atomic E-state index is 8.73. The Balaban J connectivity index is 1.80. The van der Waals surface area contributed by atoms with Gasteiger partial charge in [0.25, 0.3) is 0 Å². The maximum Gasteiger partial charge on any atom is 0.0973 e. The van der Waals surface area contributed by atoms with Crippen LogP contribution in [0, 0.1) is 0 Å². The minimum atomic E-state index is 0.0444. The molecule has 0 radical (unpaired) electrons. The molecule has 0 aliphatic rings. The zero-order valence-electron chi connectivity index (χ0n) is 14.4. The van der Waals surface area contributed by atoms with Crippen LogP contribution in [0.4, 0.5) is 0 Å². The van der Waals surface area contributed by atoms with Crippen LogP contribution in [0.25, 0.3) is 16.9 Å². The van der Waals surface area contributed by atoms with Crippen LogP contribution in [0.2, 0.25) is 5.02 Å². The Bertz CT molecular complexity index is 821. The summed E-state index contributed by atoms with van der Waals surface area (Å²) in [4.78, 5) is 0. The van der Waals surface area contributed by atoms with Crippen molar-refractivity contribution in [3.63, 3.8) is 0 Å². The molecule has 3 rings (SSSR count). The molecule has 0 aliphatic carbocycles. The highest BCUT2D eigenvalue weighted by Crippen LogP contribution is 2.26. The van der Waals surface area contributed by atoms with Crippen molar-refractivity contribution < 1.29 is 9.84 Å². The van der Waals surface area contributed by atoms with Gasteiger partial charge in [0.05, 0.1) is 31.2 Å². The third-order valence-electron chi connectivity index (χ3n) is 3.88. The number of nitrogens with zero attached hydrogens (tertiary/aromatic N) is 2. The fourth-order valence-corrected chi connectivity index (χ4v) is 2.86. The summed E-state index contributed by atoms with van der Waals surface area (Å²) in [6.07, 6.45) is 2.03. The van der Waals surface area contributed by atoms with Crippen LogP contribution >= 0.6 is 11.6 Å².